The highest BCUT2D eigenvalue weighted by Crippen LogP contribution is 2.23. The number of oxime groups is 1. The molecule has 1 N–H and O–H groups in total. The largest absolute Gasteiger partial charge is 0.487 e. The Bertz CT molecular complexity index is 913. The Balaban J connectivity index is 1.99. The Hall–Kier alpha value is -3.08. The molecule has 0 radical (unpaired) electrons. The minimum Gasteiger partial charge on any atom is -0.487 e. The Labute approximate surface area is 132 Å². The molecule has 1 aromatic heterocycles. The van der Waals surface area contributed by atoms with Gasteiger partial charge in [-0.15, -0.1) is 0 Å². The van der Waals surface area contributed by atoms with Crippen LogP contribution in [0.2, 0.25) is 0 Å². The Morgan fingerprint density at radius 2 is 2.00 bits per heavy atom. The quantitative estimate of drug-likeness (QED) is 0.453. The van der Waals surface area contributed by atoms with Crippen molar-refractivity contribution in [2.75, 3.05) is 6.61 Å². The van der Waals surface area contributed by atoms with E-state index < -0.39 is 0 Å². The Kier molecular flexibility index (Phi) is 4.10. The standard InChI is InChI=1S/C18H15NO4/c1-12(19-21)10-22-14-7-8-15-17(9-14)23-11-16(18(15)20)13-5-3-2-4-6-13/h2-9,11,21H,10H2,1H3/b19-12+. The molecule has 0 saturated carbocycles. The zero-order valence-electron chi connectivity index (χ0n) is 12.5. The highest BCUT2D eigenvalue weighted by Gasteiger charge is 2.10. The minimum atomic E-state index is -0.0860. The lowest BCUT2D eigenvalue weighted by Gasteiger charge is -2.07. The van der Waals surface area contributed by atoms with E-state index in [1.54, 1.807) is 25.1 Å². The maximum atomic E-state index is 12.6. The third kappa shape index (κ3) is 3.08. The van der Waals surface area contributed by atoms with Gasteiger partial charge in [-0.25, -0.2) is 0 Å². The molecule has 5 nitrogen and oxygen atoms in total. The van der Waals surface area contributed by atoms with Crippen LogP contribution in [0.3, 0.4) is 0 Å². The fourth-order valence-electron chi connectivity index (χ4n) is 2.23. The van der Waals surface area contributed by atoms with Crippen LogP contribution in [0.15, 0.2) is 69.2 Å². The fraction of sp³-hybridized carbons (Fsp3) is 0.111. The van der Waals surface area contributed by atoms with Crippen LogP contribution < -0.4 is 10.2 Å². The first kappa shape index (κ1) is 14.8. The van der Waals surface area contributed by atoms with Gasteiger partial charge < -0.3 is 14.4 Å². The van der Waals surface area contributed by atoms with Gasteiger partial charge in [0.2, 0.25) is 0 Å². The molecule has 2 aromatic carbocycles. The monoisotopic (exact) mass is 309 g/mol. The molecule has 0 aliphatic rings. The van der Waals surface area contributed by atoms with Gasteiger partial charge in [0.25, 0.3) is 0 Å². The Morgan fingerprint density at radius 1 is 1.22 bits per heavy atom. The number of hydrogen-bond donors (Lipinski definition) is 1. The number of benzene rings is 2. The van der Waals surface area contributed by atoms with Crippen LogP contribution in [-0.2, 0) is 0 Å². The van der Waals surface area contributed by atoms with Crippen LogP contribution in [0.1, 0.15) is 6.92 Å². The van der Waals surface area contributed by atoms with Gasteiger partial charge in [0.05, 0.1) is 16.7 Å². The molecule has 3 rings (SSSR count). The molecule has 0 aliphatic heterocycles. The number of fused-ring (bicyclic) bond motifs is 1. The molecule has 0 bridgehead atoms. The lowest BCUT2D eigenvalue weighted by molar-refractivity contribution is 0.307. The SMILES string of the molecule is C/C(COc1ccc2c(=O)c(-c3ccccc3)coc2c1)=N\O. The normalized spacial score (nSPS) is 11.6. The molecule has 0 amide bonds. The van der Waals surface area contributed by atoms with Crippen molar-refractivity contribution in [2.24, 2.45) is 5.16 Å². The highest BCUT2D eigenvalue weighted by atomic mass is 16.5. The summed E-state index contributed by atoms with van der Waals surface area (Å²) in [5, 5.41) is 12.1. The third-order valence-corrected chi connectivity index (χ3v) is 3.45. The first-order valence-electron chi connectivity index (χ1n) is 7.10. The van der Waals surface area contributed by atoms with Crippen molar-refractivity contribution in [3.8, 4) is 16.9 Å². The van der Waals surface area contributed by atoms with Gasteiger partial charge in [0, 0.05) is 6.07 Å². The average Bonchev–Trinajstić information content (AvgIpc) is 2.60. The van der Waals surface area contributed by atoms with Gasteiger partial charge >= 0.3 is 0 Å². The van der Waals surface area contributed by atoms with E-state index in [1.165, 1.54) is 6.26 Å². The summed E-state index contributed by atoms with van der Waals surface area (Å²) < 4.78 is 11.1. The maximum absolute atomic E-state index is 12.6. The third-order valence-electron chi connectivity index (χ3n) is 3.45. The maximum Gasteiger partial charge on any atom is 0.200 e. The summed E-state index contributed by atoms with van der Waals surface area (Å²) in [5.74, 6) is 0.538. The van der Waals surface area contributed by atoms with E-state index in [0.29, 0.717) is 28.0 Å². The van der Waals surface area contributed by atoms with Crippen molar-refractivity contribution in [3.63, 3.8) is 0 Å². The van der Waals surface area contributed by atoms with Crippen molar-refractivity contribution in [1.82, 2.24) is 0 Å². The lowest BCUT2D eigenvalue weighted by Crippen LogP contribution is -2.08. The summed E-state index contributed by atoms with van der Waals surface area (Å²) in [5.41, 5.74) is 2.15. The van der Waals surface area contributed by atoms with E-state index in [2.05, 4.69) is 5.16 Å². The van der Waals surface area contributed by atoms with E-state index in [0.717, 1.165) is 5.56 Å². The highest BCUT2D eigenvalue weighted by molar-refractivity contribution is 5.84. The van der Waals surface area contributed by atoms with Crippen LogP contribution in [0.5, 0.6) is 5.75 Å². The van der Waals surface area contributed by atoms with Crippen LogP contribution in [0, 0.1) is 0 Å². The van der Waals surface area contributed by atoms with Gasteiger partial charge in [0.15, 0.2) is 5.43 Å². The first-order valence-corrected chi connectivity index (χ1v) is 7.10. The summed E-state index contributed by atoms with van der Waals surface area (Å²) >= 11 is 0. The van der Waals surface area contributed by atoms with Crippen LogP contribution in [0.4, 0.5) is 0 Å². The van der Waals surface area contributed by atoms with Crippen LogP contribution in [-0.4, -0.2) is 17.5 Å². The number of rotatable bonds is 4. The molecule has 116 valence electrons. The number of ether oxygens (including phenoxy) is 1. The molecule has 0 spiro atoms. The van der Waals surface area contributed by atoms with Gasteiger partial charge in [-0.3, -0.25) is 4.79 Å². The van der Waals surface area contributed by atoms with Crippen molar-refractivity contribution >= 4 is 16.7 Å². The van der Waals surface area contributed by atoms with Crippen molar-refractivity contribution in [1.29, 1.82) is 0 Å². The van der Waals surface area contributed by atoms with E-state index in [1.807, 2.05) is 30.3 Å². The van der Waals surface area contributed by atoms with Crippen molar-refractivity contribution in [2.45, 2.75) is 6.92 Å². The van der Waals surface area contributed by atoms with E-state index in [9.17, 15) is 4.79 Å². The minimum absolute atomic E-state index is 0.0860. The van der Waals surface area contributed by atoms with Gasteiger partial charge in [-0.05, 0) is 24.6 Å². The summed E-state index contributed by atoms with van der Waals surface area (Å²) in [6, 6.07) is 14.4. The fourth-order valence-corrected chi connectivity index (χ4v) is 2.23. The second kappa shape index (κ2) is 6.36. The molecule has 0 atom stereocenters. The van der Waals surface area contributed by atoms with Gasteiger partial charge in [0.1, 0.15) is 24.2 Å². The van der Waals surface area contributed by atoms with Gasteiger partial charge in [-0.1, -0.05) is 35.5 Å². The van der Waals surface area contributed by atoms with E-state index >= 15 is 0 Å². The van der Waals surface area contributed by atoms with Crippen LogP contribution >= 0.6 is 0 Å². The van der Waals surface area contributed by atoms with Crippen molar-refractivity contribution < 1.29 is 14.4 Å². The molecule has 0 unspecified atom stereocenters. The molecular formula is C18H15NO4. The zero-order chi connectivity index (χ0) is 16.2. The van der Waals surface area contributed by atoms with Gasteiger partial charge in [-0.2, -0.15) is 0 Å². The number of nitrogens with zero attached hydrogens (tertiary/aromatic N) is 1. The van der Waals surface area contributed by atoms with E-state index in [-0.39, 0.29) is 12.0 Å². The first-order chi connectivity index (χ1) is 11.2. The molecule has 0 fully saturated rings. The molecule has 1 heterocycles. The summed E-state index contributed by atoms with van der Waals surface area (Å²) in [7, 11) is 0. The Morgan fingerprint density at radius 3 is 2.74 bits per heavy atom. The zero-order valence-corrected chi connectivity index (χ0v) is 12.5. The molecule has 0 saturated heterocycles. The average molecular weight is 309 g/mol. The second-order valence-electron chi connectivity index (χ2n) is 5.13. The predicted octanol–water partition coefficient (Wildman–Crippen LogP) is 3.69. The topological polar surface area (TPSA) is 72.0 Å². The molecule has 23 heavy (non-hydrogen) atoms. The summed E-state index contributed by atoms with van der Waals surface area (Å²) in [6.07, 6.45) is 1.46. The molecule has 5 heteroatoms. The number of hydrogen-bond acceptors (Lipinski definition) is 5. The van der Waals surface area contributed by atoms with E-state index in [4.69, 9.17) is 14.4 Å². The molecule has 3 aromatic rings. The van der Waals surface area contributed by atoms with Crippen molar-refractivity contribution in [3.05, 3.63) is 65.0 Å². The summed E-state index contributed by atoms with van der Waals surface area (Å²) in [6.45, 7) is 1.81. The predicted molar refractivity (Wildman–Crippen MR) is 88.3 cm³/mol. The smallest absolute Gasteiger partial charge is 0.200 e. The lowest BCUT2D eigenvalue weighted by atomic mass is 10.1. The molecule has 0 aliphatic carbocycles. The van der Waals surface area contributed by atoms with Crippen LogP contribution in [0.25, 0.3) is 22.1 Å². The summed E-state index contributed by atoms with van der Waals surface area (Å²) in [4.78, 5) is 12.6. The second-order valence-corrected chi connectivity index (χ2v) is 5.13. The molecular weight excluding hydrogens is 294 g/mol.